The number of β-lactam (4-membered cyclic amide) rings is 1. The summed E-state index contributed by atoms with van der Waals surface area (Å²) < 4.78 is 39.6. The van der Waals surface area contributed by atoms with Crippen molar-refractivity contribution in [1.29, 1.82) is 0 Å². The first kappa shape index (κ1) is 30.2. The van der Waals surface area contributed by atoms with Crippen LogP contribution in [0.3, 0.4) is 0 Å². The second kappa shape index (κ2) is 10.0. The average Bonchev–Trinajstić information content (AvgIpc) is 2.65. The van der Waals surface area contributed by atoms with Crippen molar-refractivity contribution in [1.82, 2.24) is 4.57 Å². The van der Waals surface area contributed by atoms with Crippen molar-refractivity contribution in [3.8, 4) is 0 Å². The number of aryl methyl sites for hydroxylation is 1. The molecule has 3 atom stereocenters. The number of rotatable bonds is 9. The van der Waals surface area contributed by atoms with Crippen LogP contribution in [0.1, 0.15) is 60.5 Å². The van der Waals surface area contributed by atoms with Gasteiger partial charge in [0, 0.05) is 6.04 Å². The Morgan fingerprint density at radius 1 is 0.971 bits per heavy atom. The summed E-state index contributed by atoms with van der Waals surface area (Å²) in [6, 6.07) is 6.55. The maximum absolute atomic E-state index is 13.6. The molecule has 0 radical (unpaired) electrons. The molecule has 3 unspecified atom stereocenters. The molecule has 1 saturated heterocycles. The van der Waals surface area contributed by atoms with E-state index in [0.29, 0.717) is 6.42 Å². The van der Waals surface area contributed by atoms with Gasteiger partial charge in [0.05, 0.1) is 23.5 Å². The van der Waals surface area contributed by atoms with E-state index in [1.165, 1.54) is 0 Å². The van der Waals surface area contributed by atoms with Crippen molar-refractivity contribution in [2.75, 3.05) is 6.61 Å². The van der Waals surface area contributed by atoms with Crippen molar-refractivity contribution in [2.45, 2.75) is 115 Å². The first-order valence-corrected chi connectivity index (χ1v) is 19.9. The summed E-state index contributed by atoms with van der Waals surface area (Å²) in [5.41, 5.74) is 0.987. The van der Waals surface area contributed by atoms with Crippen molar-refractivity contribution < 1.29 is 21.8 Å². The van der Waals surface area contributed by atoms with E-state index in [1.54, 1.807) is 24.3 Å². The molecule has 0 saturated carbocycles. The summed E-state index contributed by atoms with van der Waals surface area (Å²) in [6.45, 7) is 25.9. The summed E-state index contributed by atoms with van der Waals surface area (Å²) in [5, 5.41) is 0.0120. The third-order valence-corrected chi connectivity index (χ3v) is 19.8. The van der Waals surface area contributed by atoms with E-state index in [1.807, 2.05) is 13.8 Å². The van der Waals surface area contributed by atoms with Gasteiger partial charge in [-0.3, -0.25) is 8.98 Å². The smallest absolute Gasteiger partial charge is 0.296 e. The van der Waals surface area contributed by atoms with Gasteiger partial charge in [-0.1, -0.05) is 72.3 Å². The van der Waals surface area contributed by atoms with Crippen molar-refractivity contribution >= 4 is 32.6 Å². The quantitative estimate of drug-likeness (QED) is 0.207. The zero-order valence-corrected chi connectivity index (χ0v) is 26.7. The Hall–Kier alpha value is -1.01. The molecule has 35 heavy (non-hydrogen) atoms. The number of hydrogen-bond acceptors (Lipinski definition) is 5. The maximum atomic E-state index is 13.6. The number of benzene rings is 1. The Kier molecular flexibility index (Phi) is 8.67. The zero-order valence-electron chi connectivity index (χ0n) is 23.9. The summed E-state index contributed by atoms with van der Waals surface area (Å²) in [7, 11) is -8.09. The minimum Gasteiger partial charge on any atom is -0.413 e. The molecule has 200 valence electrons. The second-order valence-corrected chi connectivity index (χ2v) is 24.5. The van der Waals surface area contributed by atoms with Crippen molar-refractivity contribution in [2.24, 2.45) is 5.92 Å². The Morgan fingerprint density at radius 3 is 1.94 bits per heavy atom. The highest BCUT2D eigenvalue weighted by Gasteiger charge is 2.59. The van der Waals surface area contributed by atoms with Crippen LogP contribution in [0.15, 0.2) is 29.2 Å². The predicted octanol–water partition coefficient (Wildman–Crippen LogP) is 6.33. The SMILES string of the molecule is Cc1ccc(S(=O)(=O)OCCC2C(C(C)O[Si](C)(C)C(C)(C)C)C(=O)N2[Si](C)(C)C(C)(C)C)cc1. The van der Waals surface area contributed by atoms with Crippen LogP contribution >= 0.6 is 0 Å². The average molecular weight is 542 g/mol. The lowest BCUT2D eigenvalue weighted by Crippen LogP contribution is -2.75. The largest absolute Gasteiger partial charge is 0.413 e. The van der Waals surface area contributed by atoms with Crippen LogP contribution in [-0.4, -0.2) is 54.2 Å². The van der Waals surface area contributed by atoms with Crippen molar-refractivity contribution in [3.05, 3.63) is 29.8 Å². The van der Waals surface area contributed by atoms with Gasteiger partial charge in [0.1, 0.15) is 0 Å². The molecule has 1 aromatic rings. The fourth-order valence-corrected chi connectivity index (χ4v) is 9.10. The van der Waals surface area contributed by atoms with E-state index in [0.717, 1.165) is 5.56 Å². The Bertz CT molecular complexity index is 1010. The lowest BCUT2D eigenvalue weighted by Gasteiger charge is -2.60. The normalized spacial score (nSPS) is 21.1. The van der Waals surface area contributed by atoms with Crippen LogP contribution in [0, 0.1) is 12.8 Å². The van der Waals surface area contributed by atoms with Gasteiger partial charge in [0.2, 0.25) is 5.91 Å². The third kappa shape index (κ3) is 6.29. The van der Waals surface area contributed by atoms with Gasteiger partial charge in [-0.05, 0) is 55.6 Å². The van der Waals surface area contributed by atoms with E-state index in [2.05, 4.69) is 72.3 Å². The van der Waals surface area contributed by atoms with Crippen molar-refractivity contribution in [3.63, 3.8) is 0 Å². The molecule has 6 nitrogen and oxygen atoms in total. The first-order chi connectivity index (χ1) is 15.6. The fraction of sp³-hybridized carbons (Fsp3) is 0.731. The van der Waals surface area contributed by atoms with Crippen LogP contribution in [0.25, 0.3) is 0 Å². The van der Waals surface area contributed by atoms with Gasteiger partial charge in [-0.15, -0.1) is 0 Å². The van der Waals surface area contributed by atoms with Gasteiger partial charge in [-0.2, -0.15) is 8.42 Å². The van der Waals surface area contributed by atoms with E-state index < -0.39 is 26.7 Å². The monoisotopic (exact) mass is 541 g/mol. The summed E-state index contributed by atoms with van der Waals surface area (Å²) in [4.78, 5) is 13.7. The fourth-order valence-electron chi connectivity index (χ4n) is 4.21. The summed E-state index contributed by atoms with van der Waals surface area (Å²) >= 11 is 0. The summed E-state index contributed by atoms with van der Waals surface area (Å²) in [5.74, 6) is -0.155. The van der Waals surface area contributed by atoms with Crippen LogP contribution in [0.5, 0.6) is 0 Å². The number of hydrogen-bond donors (Lipinski definition) is 0. The Morgan fingerprint density at radius 2 is 1.49 bits per heavy atom. The highest BCUT2D eigenvalue weighted by atomic mass is 32.2. The van der Waals surface area contributed by atoms with Crippen LogP contribution in [-0.2, 0) is 23.5 Å². The third-order valence-electron chi connectivity index (χ3n) is 8.46. The molecule has 1 aliphatic rings. The second-order valence-electron chi connectivity index (χ2n) is 13.1. The van der Waals surface area contributed by atoms with Gasteiger partial charge in [0.15, 0.2) is 16.6 Å². The van der Waals surface area contributed by atoms with E-state index >= 15 is 0 Å². The molecule has 1 fully saturated rings. The van der Waals surface area contributed by atoms with E-state index in [4.69, 9.17) is 8.61 Å². The number of carbonyl (C=O) groups excluding carboxylic acids is 1. The van der Waals surface area contributed by atoms with Crippen LogP contribution in [0.4, 0.5) is 0 Å². The number of amides is 1. The van der Waals surface area contributed by atoms with Crippen LogP contribution in [0.2, 0.25) is 36.3 Å². The molecule has 2 rings (SSSR count). The Labute approximate surface area is 216 Å². The van der Waals surface area contributed by atoms with Gasteiger partial charge in [0.25, 0.3) is 10.1 Å². The van der Waals surface area contributed by atoms with Gasteiger partial charge >= 0.3 is 0 Å². The Balaban J connectivity index is 2.26. The zero-order chi connectivity index (χ0) is 27.2. The minimum atomic E-state index is -3.85. The molecule has 1 amide bonds. The van der Waals surface area contributed by atoms with Gasteiger partial charge in [-0.25, -0.2) is 0 Å². The molecule has 0 aromatic heterocycles. The highest BCUT2D eigenvalue weighted by molar-refractivity contribution is 7.86. The minimum absolute atomic E-state index is 0.0236. The van der Waals surface area contributed by atoms with E-state index in [-0.39, 0.29) is 45.5 Å². The molecule has 1 heterocycles. The molecular formula is C26H47NO5SSi2. The summed E-state index contributed by atoms with van der Waals surface area (Å²) in [6.07, 6.45) is 0.224. The molecule has 1 aliphatic heterocycles. The lowest BCUT2D eigenvalue weighted by atomic mass is 9.84. The molecule has 0 spiro atoms. The van der Waals surface area contributed by atoms with Gasteiger partial charge < -0.3 is 8.99 Å². The topological polar surface area (TPSA) is 72.9 Å². The molecule has 1 aromatic carbocycles. The maximum Gasteiger partial charge on any atom is 0.296 e. The number of nitrogens with zero attached hydrogens (tertiary/aromatic N) is 1. The highest BCUT2D eigenvalue weighted by Crippen LogP contribution is 2.48. The predicted molar refractivity (Wildman–Crippen MR) is 148 cm³/mol. The lowest BCUT2D eigenvalue weighted by molar-refractivity contribution is -0.155. The molecule has 0 N–H and O–H groups in total. The van der Waals surface area contributed by atoms with Crippen LogP contribution < -0.4 is 0 Å². The molecule has 0 bridgehead atoms. The standard InChI is InChI=1S/C26H47NO5SSi2/c1-19-13-15-21(16-14-19)33(29,30)31-18-17-22-23(20(2)32-35(11,12)26(6,7)8)24(28)27(22)34(9,10)25(3,4)5/h13-16,20,22-23H,17-18H2,1-12H3. The van der Waals surface area contributed by atoms with E-state index in [9.17, 15) is 13.2 Å². The molecule has 0 aliphatic carbocycles. The number of carbonyl (C=O) groups is 1. The molecule has 9 heteroatoms. The first-order valence-electron chi connectivity index (χ1n) is 12.6. The molecular weight excluding hydrogens is 495 g/mol.